The van der Waals surface area contributed by atoms with E-state index in [2.05, 4.69) is 29.1 Å². The van der Waals surface area contributed by atoms with Crippen LogP contribution < -0.4 is 0 Å². The molecule has 0 aliphatic rings. The summed E-state index contributed by atoms with van der Waals surface area (Å²) in [5.74, 6) is 0.437. The van der Waals surface area contributed by atoms with E-state index in [9.17, 15) is 4.79 Å². The minimum absolute atomic E-state index is 0.409. The molecule has 0 unspecified atom stereocenters. The van der Waals surface area contributed by atoms with Gasteiger partial charge in [-0.25, -0.2) is 4.98 Å². The second-order valence-corrected chi connectivity index (χ2v) is 5.16. The van der Waals surface area contributed by atoms with Gasteiger partial charge in [-0.15, -0.1) is 16.4 Å². The molecule has 0 saturated heterocycles. The Labute approximate surface area is 103 Å². The van der Waals surface area contributed by atoms with Crippen LogP contribution in [0.3, 0.4) is 0 Å². The van der Waals surface area contributed by atoms with Crippen LogP contribution in [0.1, 0.15) is 35.7 Å². The number of hydrogen-bond donors (Lipinski definition) is 0. The molecule has 2 heterocycles. The zero-order chi connectivity index (χ0) is 12.4. The molecule has 0 radical (unpaired) electrons. The zero-order valence-corrected chi connectivity index (χ0v) is 10.9. The smallest absolute Gasteiger partial charge is 0.212 e. The Hall–Kier alpha value is -1.56. The molecule has 0 N–H and O–H groups in total. The molecule has 17 heavy (non-hydrogen) atoms. The van der Waals surface area contributed by atoms with Gasteiger partial charge in [0.05, 0.1) is 11.4 Å². The molecule has 0 fully saturated rings. The highest BCUT2D eigenvalue weighted by Gasteiger charge is 2.16. The third kappa shape index (κ3) is 2.41. The normalized spacial score (nSPS) is 11.1. The number of aldehydes is 1. The number of carbonyl (C=O) groups is 1. The summed E-state index contributed by atoms with van der Waals surface area (Å²) in [7, 11) is 0. The van der Waals surface area contributed by atoms with Crippen molar-refractivity contribution in [2.75, 3.05) is 0 Å². The van der Waals surface area contributed by atoms with E-state index in [4.69, 9.17) is 0 Å². The molecule has 0 bridgehead atoms. The van der Waals surface area contributed by atoms with Crippen LogP contribution in [0.4, 0.5) is 0 Å². The summed E-state index contributed by atoms with van der Waals surface area (Å²) in [5, 5.41) is 10.6. The van der Waals surface area contributed by atoms with Crippen LogP contribution in [0, 0.1) is 12.8 Å². The van der Waals surface area contributed by atoms with Crippen molar-refractivity contribution in [2.45, 2.75) is 27.2 Å². The SMILES string of the molecule is Cc1csc(-n2nnc(C=O)c2CC(C)C)n1. The lowest BCUT2D eigenvalue weighted by atomic mass is 10.1. The van der Waals surface area contributed by atoms with E-state index in [1.54, 1.807) is 4.68 Å². The Morgan fingerprint density at radius 2 is 2.29 bits per heavy atom. The van der Waals surface area contributed by atoms with Crippen molar-refractivity contribution in [3.63, 3.8) is 0 Å². The molecule has 2 aromatic rings. The molecule has 0 aromatic carbocycles. The average Bonchev–Trinajstić information content (AvgIpc) is 2.84. The fourth-order valence-electron chi connectivity index (χ4n) is 1.57. The quantitative estimate of drug-likeness (QED) is 0.779. The standard InChI is InChI=1S/C11H14N4OS/c1-7(2)4-10-9(5-16)13-14-15(10)11-12-8(3)6-17-11/h5-7H,4H2,1-3H3. The highest BCUT2D eigenvalue weighted by Crippen LogP contribution is 2.18. The lowest BCUT2D eigenvalue weighted by Crippen LogP contribution is -2.06. The van der Waals surface area contributed by atoms with Gasteiger partial charge in [0.15, 0.2) is 6.29 Å². The number of rotatable bonds is 4. The van der Waals surface area contributed by atoms with Crippen LogP contribution in [0.15, 0.2) is 5.38 Å². The predicted molar refractivity (Wildman–Crippen MR) is 65.7 cm³/mol. The Morgan fingerprint density at radius 1 is 1.53 bits per heavy atom. The van der Waals surface area contributed by atoms with E-state index < -0.39 is 0 Å². The number of aromatic nitrogens is 4. The van der Waals surface area contributed by atoms with Gasteiger partial charge in [-0.05, 0) is 19.3 Å². The summed E-state index contributed by atoms with van der Waals surface area (Å²) in [5.41, 5.74) is 2.19. The second kappa shape index (κ2) is 4.75. The van der Waals surface area contributed by atoms with E-state index in [0.717, 1.165) is 29.2 Å². The molecule has 0 saturated carbocycles. The second-order valence-electron chi connectivity index (χ2n) is 4.32. The molecular weight excluding hydrogens is 236 g/mol. The van der Waals surface area contributed by atoms with Gasteiger partial charge in [-0.2, -0.15) is 4.68 Å². The predicted octanol–water partition coefficient (Wildman–Crippen LogP) is 2.04. The van der Waals surface area contributed by atoms with E-state index in [1.165, 1.54) is 11.3 Å². The number of hydrogen-bond acceptors (Lipinski definition) is 5. The summed E-state index contributed by atoms with van der Waals surface area (Å²) in [6, 6.07) is 0. The third-order valence-corrected chi connectivity index (χ3v) is 3.23. The molecule has 0 aliphatic heterocycles. The Morgan fingerprint density at radius 3 is 2.82 bits per heavy atom. The molecule has 0 amide bonds. The first kappa shape index (κ1) is 11.9. The van der Waals surface area contributed by atoms with Gasteiger partial charge in [0.25, 0.3) is 0 Å². The fraction of sp³-hybridized carbons (Fsp3) is 0.455. The van der Waals surface area contributed by atoms with Crippen LogP contribution in [0.5, 0.6) is 0 Å². The molecule has 6 heteroatoms. The van der Waals surface area contributed by atoms with Crippen molar-refractivity contribution < 1.29 is 4.79 Å². The lowest BCUT2D eigenvalue weighted by molar-refractivity contribution is 0.111. The maximum atomic E-state index is 10.9. The molecule has 90 valence electrons. The first-order valence-electron chi connectivity index (χ1n) is 5.44. The van der Waals surface area contributed by atoms with Gasteiger partial charge in [-0.1, -0.05) is 19.1 Å². The topological polar surface area (TPSA) is 60.7 Å². The van der Waals surface area contributed by atoms with Crippen molar-refractivity contribution in [3.05, 3.63) is 22.5 Å². The van der Waals surface area contributed by atoms with Crippen molar-refractivity contribution in [2.24, 2.45) is 5.92 Å². The molecule has 0 aliphatic carbocycles. The molecule has 0 atom stereocenters. The van der Waals surface area contributed by atoms with Crippen LogP contribution in [-0.2, 0) is 6.42 Å². The minimum Gasteiger partial charge on any atom is -0.296 e. The Bertz CT molecular complexity index is 529. The molecular formula is C11H14N4OS. The van der Waals surface area contributed by atoms with Crippen LogP contribution in [-0.4, -0.2) is 26.3 Å². The largest absolute Gasteiger partial charge is 0.296 e. The number of aryl methyl sites for hydroxylation is 1. The first-order valence-corrected chi connectivity index (χ1v) is 6.32. The average molecular weight is 250 g/mol. The van der Waals surface area contributed by atoms with Crippen molar-refractivity contribution in [3.8, 4) is 5.13 Å². The summed E-state index contributed by atoms with van der Waals surface area (Å²) in [6.07, 6.45) is 1.52. The molecule has 2 aromatic heterocycles. The Kier molecular flexibility index (Phi) is 3.33. The molecule has 5 nitrogen and oxygen atoms in total. The van der Waals surface area contributed by atoms with Gasteiger partial charge in [0, 0.05) is 5.38 Å². The maximum Gasteiger partial charge on any atom is 0.212 e. The highest BCUT2D eigenvalue weighted by atomic mass is 32.1. The van der Waals surface area contributed by atoms with E-state index in [1.807, 2.05) is 12.3 Å². The van der Waals surface area contributed by atoms with Crippen molar-refractivity contribution in [1.82, 2.24) is 20.0 Å². The third-order valence-electron chi connectivity index (χ3n) is 2.29. The van der Waals surface area contributed by atoms with Gasteiger partial charge >= 0.3 is 0 Å². The fourth-order valence-corrected chi connectivity index (χ4v) is 2.35. The van der Waals surface area contributed by atoms with Crippen LogP contribution in [0.2, 0.25) is 0 Å². The van der Waals surface area contributed by atoms with E-state index >= 15 is 0 Å². The van der Waals surface area contributed by atoms with Gasteiger partial charge < -0.3 is 0 Å². The zero-order valence-electron chi connectivity index (χ0n) is 10.0. The number of thiazole rings is 1. The van der Waals surface area contributed by atoms with Crippen molar-refractivity contribution >= 4 is 17.6 Å². The van der Waals surface area contributed by atoms with Crippen LogP contribution >= 0.6 is 11.3 Å². The highest BCUT2D eigenvalue weighted by molar-refractivity contribution is 7.12. The van der Waals surface area contributed by atoms with Crippen molar-refractivity contribution in [1.29, 1.82) is 0 Å². The Balaban J connectivity index is 2.46. The van der Waals surface area contributed by atoms with Gasteiger partial charge in [0.1, 0.15) is 5.69 Å². The maximum absolute atomic E-state index is 10.9. The van der Waals surface area contributed by atoms with Crippen LogP contribution in [0.25, 0.3) is 5.13 Å². The number of carbonyl (C=O) groups excluding carboxylic acids is 1. The number of nitrogens with zero attached hydrogens (tertiary/aromatic N) is 4. The molecule has 2 rings (SSSR count). The summed E-state index contributed by atoms with van der Waals surface area (Å²) < 4.78 is 1.67. The monoisotopic (exact) mass is 250 g/mol. The van der Waals surface area contributed by atoms with Gasteiger partial charge in [0.2, 0.25) is 5.13 Å². The minimum atomic E-state index is 0.409. The van der Waals surface area contributed by atoms with E-state index in [0.29, 0.717) is 11.6 Å². The van der Waals surface area contributed by atoms with Gasteiger partial charge in [-0.3, -0.25) is 4.79 Å². The lowest BCUT2D eigenvalue weighted by Gasteiger charge is -2.05. The summed E-state index contributed by atoms with van der Waals surface area (Å²) in [6.45, 7) is 6.12. The first-order chi connectivity index (χ1) is 8.11. The van der Waals surface area contributed by atoms with E-state index in [-0.39, 0.29) is 0 Å². The molecule has 0 spiro atoms. The summed E-state index contributed by atoms with van der Waals surface area (Å²) >= 11 is 1.50. The summed E-state index contributed by atoms with van der Waals surface area (Å²) in [4.78, 5) is 15.3.